The van der Waals surface area contributed by atoms with Crippen molar-refractivity contribution in [2.75, 3.05) is 0 Å². The molecule has 0 unspecified atom stereocenters. The van der Waals surface area contributed by atoms with Crippen molar-refractivity contribution in [1.82, 2.24) is 0 Å². The topological polar surface area (TPSA) is 17.1 Å². The van der Waals surface area contributed by atoms with Crippen molar-refractivity contribution >= 4 is 29.5 Å². The quantitative estimate of drug-likeness (QED) is 0.517. The van der Waals surface area contributed by atoms with Crippen molar-refractivity contribution < 1.29 is 4.79 Å². The monoisotopic (exact) mass is 212 g/mol. The number of aldehydes is 1. The maximum Gasteiger partial charge on any atom is 0.131 e. The van der Waals surface area contributed by atoms with Gasteiger partial charge in [0, 0.05) is 5.56 Å². The second kappa shape index (κ2) is 4.91. The molecule has 13 heavy (non-hydrogen) atoms. The minimum absolute atomic E-state index is 0.211. The Morgan fingerprint density at radius 3 is 2.85 bits per heavy atom. The molecule has 0 radical (unpaired) electrons. The van der Waals surface area contributed by atoms with Gasteiger partial charge in [-0.15, -0.1) is 0 Å². The van der Waals surface area contributed by atoms with E-state index in [1.54, 1.807) is 18.2 Å². The predicted molar refractivity (Wildman–Crippen MR) is 54.0 cm³/mol. The maximum absolute atomic E-state index is 9.99. The molecule has 1 aromatic carbocycles. The number of hydrogen-bond acceptors (Lipinski definition) is 1. The van der Waals surface area contributed by atoms with E-state index < -0.39 is 0 Å². The molecule has 0 atom stereocenters. The molecule has 0 aliphatic heterocycles. The average Bonchev–Trinajstić information content (AvgIpc) is 2.13. The number of hydrogen-bond donors (Lipinski definition) is 0. The Bertz CT molecular complexity index is 374. The Kier molecular flexibility index (Phi) is 3.82. The van der Waals surface area contributed by atoms with Gasteiger partial charge in [0.25, 0.3) is 0 Å². The van der Waals surface area contributed by atoms with Gasteiger partial charge < -0.3 is 4.79 Å². The molecule has 3 heteroatoms. The highest BCUT2D eigenvalue weighted by atomic mass is 35.5. The van der Waals surface area contributed by atoms with E-state index in [4.69, 9.17) is 23.2 Å². The zero-order valence-corrected chi connectivity index (χ0v) is 8.19. The summed E-state index contributed by atoms with van der Waals surface area (Å²) in [5.74, 6) is 5.42. The van der Waals surface area contributed by atoms with Crippen LogP contribution in [0.15, 0.2) is 18.2 Å². The summed E-state index contributed by atoms with van der Waals surface area (Å²) in [6.07, 6.45) is 0.953. The van der Waals surface area contributed by atoms with Gasteiger partial charge >= 0.3 is 0 Å². The Hall–Kier alpha value is -0.970. The minimum Gasteiger partial charge on any atom is -0.302 e. The van der Waals surface area contributed by atoms with Crippen molar-refractivity contribution in [2.45, 2.75) is 6.42 Å². The SMILES string of the molecule is O=CCC#Cc1cccc(Cl)c1Cl. The van der Waals surface area contributed by atoms with Crippen molar-refractivity contribution in [3.05, 3.63) is 33.8 Å². The lowest BCUT2D eigenvalue weighted by atomic mass is 10.2. The van der Waals surface area contributed by atoms with Gasteiger partial charge in [0.1, 0.15) is 6.29 Å². The fourth-order valence-electron chi connectivity index (χ4n) is 0.788. The van der Waals surface area contributed by atoms with Crippen LogP contribution in [0.5, 0.6) is 0 Å². The summed E-state index contributed by atoms with van der Waals surface area (Å²) >= 11 is 11.6. The molecule has 0 fully saturated rings. The van der Waals surface area contributed by atoms with Crippen LogP contribution in [0.1, 0.15) is 12.0 Å². The van der Waals surface area contributed by atoms with Crippen molar-refractivity contribution in [3.8, 4) is 11.8 Å². The maximum atomic E-state index is 9.99. The highest BCUT2D eigenvalue weighted by Gasteiger charge is 1.99. The molecule has 1 nitrogen and oxygen atoms in total. The average molecular weight is 213 g/mol. The zero-order valence-electron chi connectivity index (χ0n) is 6.68. The molecule has 0 aliphatic rings. The van der Waals surface area contributed by atoms with Crippen LogP contribution in [-0.2, 0) is 4.79 Å². The molecule has 0 aromatic heterocycles. The van der Waals surface area contributed by atoms with E-state index in [2.05, 4.69) is 11.8 Å². The van der Waals surface area contributed by atoms with E-state index >= 15 is 0 Å². The summed E-state index contributed by atoms with van der Waals surface area (Å²) in [6, 6.07) is 5.21. The van der Waals surface area contributed by atoms with Gasteiger partial charge in [0.15, 0.2) is 0 Å². The molecule has 0 N–H and O–H groups in total. The molecule has 0 heterocycles. The summed E-state index contributed by atoms with van der Waals surface area (Å²) in [6.45, 7) is 0. The standard InChI is InChI=1S/C10H6Cl2O/c11-9-6-3-5-8(10(9)12)4-1-2-7-13/h3,5-7H,2H2. The summed E-state index contributed by atoms with van der Waals surface area (Å²) in [5, 5.41) is 0.905. The van der Waals surface area contributed by atoms with E-state index in [-0.39, 0.29) is 6.42 Å². The fourth-order valence-corrected chi connectivity index (χ4v) is 1.14. The molecule has 66 valence electrons. The lowest BCUT2D eigenvalue weighted by Gasteiger charge is -1.96. The Morgan fingerprint density at radius 1 is 1.38 bits per heavy atom. The molecular weight excluding hydrogens is 207 g/mol. The molecule has 0 saturated carbocycles. The van der Waals surface area contributed by atoms with Crippen LogP contribution in [-0.4, -0.2) is 6.29 Å². The molecule has 0 spiro atoms. The van der Waals surface area contributed by atoms with Crippen LogP contribution in [0.2, 0.25) is 10.0 Å². The third kappa shape index (κ3) is 2.77. The van der Waals surface area contributed by atoms with E-state index in [1.165, 1.54) is 0 Å². The lowest BCUT2D eigenvalue weighted by molar-refractivity contribution is -0.107. The first-order valence-electron chi connectivity index (χ1n) is 3.62. The third-order valence-corrected chi connectivity index (χ3v) is 2.18. The molecule has 0 amide bonds. The number of rotatable bonds is 1. The van der Waals surface area contributed by atoms with Gasteiger partial charge in [0.2, 0.25) is 0 Å². The van der Waals surface area contributed by atoms with Gasteiger partial charge in [-0.25, -0.2) is 0 Å². The molecular formula is C10H6Cl2O. The Balaban J connectivity index is 2.97. The van der Waals surface area contributed by atoms with Crippen LogP contribution in [0, 0.1) is 11.8 Å². The number of carbonyl (C=O) groups is 1. The van der Waals surface area contributed by atoms with E-state index in [0.717, 1.165) is 6.29 Å². The first-order chi connectivity index (χ1) is 6.25. The lowest BCUT2D eigenvalue weighted by Crippen LogP contribution is -1.77. The zero-order chi connectivity index (χ0) is 9.68. The van der Waals surface area contributed by atoms with E-state index in [9.17, 15) is 4.79 Å². The second-order valence-corrected chi connectivity index (χ2v) is 3.06. The largest absolute Gasteiger partial charge is 0.302 e. The van der Waals surface area contributed by atoms with Crippen LogP contribution in [0.3, 0.4) is 0 Å². The summed E-state index contributed by atoms with van der Waals surface area (Å²) < 4.78 is 0. The van der Waals surface area contributed by atoms with Gasteiger partial charge in [-0.2, -0.15) is 0 Å². The fraction of sp³-hybridized carbons (Fsp3) is 0.100. The van der Waals surface area contributed by atoms with Gasteiger partial charge in [0.05, 0.1) is 16.5 Å². The first-order valence-corrected chi connectivity index (χ1v) is 4.38. The summed E-state index contributed by atoms with van der Waals surface area (Å²) in [4.78, 5) is 9.99. The summed E-state index contributed by atoms with van der Waals surface area (Å²) in [5.41, 5.74) is 0.649. The van der Waals surface area contributed by atoms with Crippen LogP contribution < -0.4 is 0 Å². The number of benzene rings is 1. The third-order valence-electron chi connectivity index (χ3n) is 1.36. The second-order valence-electron chi connectivity index (χ2n) is 2.27. The number of carbonyl (C=O) groups excluding carboxylic acids is 1. The Labute approximate surface area is 86.7 Å². The van der Waals surface area contributed by atoms with Gasteiger partial charge in [-0.05, 0) is 12.1 Å². The molecule has 1 aromatic rings. The van der Waals surface area contributed by atoms with Crippen molar-refractivity contribution in [1.29, 1.82) is 0 Å². The Morgan fingerprint density at radius 2 is 2.15 bits per heavy atom. The normalized spacial score (nSPS) is 8.77. The summed E-state index contributed by atoms with van der Waals surface area (Å²) in [7, 11) is 0. The van der Waals surface area contributed by atoms with Crippen LogP contribution in [0.25, 0.3) is 0 Å². The predicted octanol–water partition coefficient (Wildman–Crippen LogP) is 2.93. The molecule has 0 bridgehead atoms. The molecule has 1 rings (SSSR count). The number of halogens is 2. The minimum atomic E-state index is 0.211. The van der Waals surface area contributed by atoms with Crippen molar-refractivity contribution in [3.63, 3.8) is 0 Å². The first kappa shape index (κ1) is 10.1. The van der Waals surface area contributed by atoms with Gasteiger partial charge in [-0.1, -0.05) is 41.1 Å². The highest BCUT2D eigenvalue weighted by Crippen LogP contribution is 2.24. The van der Waals surface area contributed by atoms with E-state index in [1.807, 2.05) is 0 Å². The molecule has 0 saturated heterocycles. The van der Waals surface area contributed by atoms with Crippen molar-refractivity contribution in [2.24, 2.45) is 0 Å². The van der Waals surface area contributed by atoms with Gasteiger partial charge in [-0.3, -0.25) is 0 Å². The van der Waals surface area contributed by atoms with E-state index in [0.29, 0.717) is 15.6 Å². The molecule has 0 aliphatic carbocycles. The smallest absolute Gasteiger partial charge is 0.131 e. The highest BCUT2D eigenvalue weighted by molar-refractivity contribution is 6.42. The van der Waals surface area contributed by atoms with Crippen LogP contribution in [0.4, 0.5) is 0 Å². The van der Waals surface area contributed by atoms with Crippen LogP contribution >= 0.6 is 23.2 Å².